The van der Waals surface area contributed by atoms with Crippen molar-refractivity contribution in [3.8, 4) is 5.69 Å². The minimum atomic E-state index is -0.00688. The minimum Gasteiger partial charge on any atom is -1.00 e. The number of nitrogens with zero attached hydrogens (tertiary/aromatic N) is 4. The van der Waals surface area contributed by atoms with Crippen molar-refractivity contribution in [2.75, 3.05) is 0 Å². The molecule has 0 atom stereocenters. The van der Waals surface area contributed by atoms with Gasteiger partial charge in [0.15, 0.2) is 5.69 Å². The summed E-state index contributed by atoms with van der Waals surface area (Å²) in [6, 6.07) is 0.459. The Kier molecular flexibility index (Phi) is 5.06. The topological polar surface area (TPSA) is 34.6 Å². The maximum absolute atomic E-state index is 4.44. The molecule has 0 saturated carbocycles. The summed E-state index contributed by atoms with van der Waals surface area (Å²) in [5, 5.41) is 0. The van der Waals surface area contributed by atoms with Gasteiger partial charge in [-0.15, -0.1) is 0 Å². The van der Waals surface area contributed by atoms with E-state index in [9.17, 15) is 0 Å². The molecule has 4 nitrogen and oxygen atoms in total. The highest BCUT2D eigenvalue weighted by Crippen LogP contribution is 2.17. The molecule has 0 aliphatic rings. The third-order valence-electron chi connectivity index (χ3n) is 2.86. The summed E-state index contributed by atoms with van der Waals surface area (Å²) in [6.45, 7) is 10.7. The van der Waals surface area contributed by atoms with Crippen molar-refractivity contribution in [3.05, 3.63) is 36.9 Å². The van der Waals surface area contributed by atoms with Crippen LogP contribution in [0.15, 0.2) is 31.1 Å². The van der Waals surface area contributed by atoms with Crippen molar-refractivity contribution in [2.24, 2.45) is 0 Å². The average Bonchev–Trinajstić information content (AvgIpc) is 2.77. The van der Waals surface area contributed by atoms with Crippen LogP contribution in [0.25, 0.3) is 5.69 Å². The van der Waals surface area contributed by atoms with E-state index in [1.807, 2.05) is 23.2 Å². The van der Waals surface area contributed by atoms with Gasteiger partial charge in [-0.2, -0.15) is 4.57 Å². The first-order valence-electron chi connectivity index (χ1n) is 6.29. The predicted octanol–water partition coefficient (Wildman–Crippen LogP) is -0.563. The van der Waals surface area contributed by atoms with Crippen LogP contribution in [0, 0.1) is 0 Å². The van der Waals surface area contributed by atoms with Gasteiger partial charge in [-0.3, -0.25) is 0 Å². The molecule has 0 bridgehead atoms. The highest BCUT2D eigenvalue weighted by molar-refractivity contribution is 5.15. The normalized spacial score (nSPS) is 11.5. The highest BCUT2D eigenvalue weighted by Gasteiger charge is 2.17. The number of halogens is 1. The zero-order chi connectivity index (χ0) is 13.3. The van der Waals surface area contributed by atoms with E-state index in [1.54, 1.807) is 0 Å². The Hall–Kier alpha value is -0.980. The fourth-order valence-electron chi connectivity index (χ4n) is 1.67. The molecular formula is C14H21IN4. The van der Waals surface area contributed by atoms with Crippen LogP contribution in [0.5, 0.6) is 0 Å². The Bertz CT molecular complexity index is 523. The van der Waals surface area contributed by atoms with Crippen molar-refractivity contribution >= 4 is 0 Å². The number of hydrogen-bond donors (Lipinski definition) is 0. The van der Waals surface area contributed by atoms with E-state index in [-0.39, 0.29) is 29.4 Å². The molecule has 0 spiro atoms. The second kappa shape index (κ2) is 5.98. The molecule has 2 aromatic rings. The lowest BCUT2D eigenvalue weighted by Crippen LogP contribution is -3.00. The Balaban J connectivity index is 0.00000180. The molecule has 2 rings (SSSR count). The predicted molar refractivity (Wildman–Crippen MR) is 70.6 cm³/mol. The van der Waals surface area contributed by atoms with E-state index in [4.69, 9.17) is 0 Å². The van der Waals surface area contributed by atoms with Crippen LogP contribution in [0.1, 0.15) is 46.5 Å². The van der Waals surface area contributed by atoms with Gasteiger partial charge in [-0.05, 0) is 13.8 Å². The third kappa shape index (κ3) is 3.75. The van der Waals surface area contributed by atoms with E-state index >= 15 is 0 Å². The monoisotopic (exact) mass is 372 g/mol. The lowest BCUT2D eigenvalue weighted by molar-refractivity contribution is -0.595. The van der Waals surface area contributed by atoms with Gasteiger partial charge in [0.1, 0.15) is 18.2 Å². The molecule has 0 fully saturated rings. The Morgan fingerprint density at radius 2 is 1.74 bits per heavy atom. The number of rotatable bonds is 2. The number of imidazole rings is 1. The van der Waals surface area contributed by atoms with Crippen LogP contribution in [-0.2, 0) is 5.41 Å². The van der Waals surface area contributed by atoms with Crippen LogP contribution in [0.3, 0.4) is 0 Å². The largest absolute Gasteiger partial charge is 1.00 e. The van der Waals surface area contributed by atoms with E-state index in [0.29, 0.717) is 6.04 Å². The molecule has 0 aromatic carbocycles. The summed E-state index contributed by atoms with van der Waals surface area (Å²) in [5.74, 6) is 0.871. The van der Waals surface area contributed by atoms with Gasteiger partial charge in [0.25, 0.3) is 0 Å². The Morgan fingerprint density at radius 3 is 2.16 bits per heavy atom. The highest BCUT2D eigenvalue weighted by atomic mass is 127. The summed E-state index contributed by atoms with van der Waals surface area (Å²) in [4.78, 5) is 8.88. The van der Waals surface area contributed by atoms with Gasteiger partial charge >= 0.3 is 0 Å². The van der Waals surface area contributed by atoms with Gasteiger partial charge in [-0.25, -0.2) is 14.5 Å². The fourth-order valence-corrected chi connectivity index (χ4v) is 1.67. The van der Waals surface area contributed by atoms with Gasteiger partial charge < -0.3 is 24.0 Å². The summed E-state index contributed by atoms with van der Waals surface area (Å²) < 4.78 is 4.18. The molecule has 2 heterocycles. The van der Waals surface area contributed by atoms with Crippen molar-refractivity contribution in [2.45, 2.75) is 46.1 Å². The van der Waals surface area contributed by atoms with Gasteiger partial charge in [-0.1, -0.05) is 20.8 Å². The summed E-state index contributed by atoms with van der Waals surface area (Å²) in [7, 11) is 0. The lowest BCUT2D eigenvalue weighted by Gasteiger charge is -2.15. The average molecular weight is 372 g/mol. The molecule has 0 aliphatic heterocycles. The molecule has 0 aliphatic carbocycles. The molecule has 19 heavy (non-hydrogen) atoms. The van der Waals surface area contributed by atoms with E-state index in [2.05, 4.69) is 61.7 Å². The molecule has 5 heteroatoms. The summed E-state index contributed by atoms with van der Waals surface area (Å²) >= 11 is 0. The zero-order valence-electron chi connectivity index (χ0n) is 12.1. The molecule has 0 radical (unpaired) electrons. The van der Waals surface area contributed by atoms with Crippen LogP contribution in [0.4, 0.5) is 0 Å². The molecular weight excluding hydrogens is 351 g/mol. The molecule has 0 amide bonds. The second-order valence-corrected chi connectivity index (χ2v) is 5.88. The quantitative estimate of drug-likeness (QED) is 0.523. The van der Waals surface area contributed by atoms with Crippen LogP contribution in [0.2, 0.25) is 0 Å². The van der Waals surface area contributed by atoms with Crippen molar-refractivity contribution < 1.29 is 28.5 Å². The molecule has 0 saturated heterocycles. The zero-order valence-corrected chi connectivity index (χ0v) is 14.3. The number of hydrogen-bond acceptors (Lipinski definition) is 2. The first-order valence-corrected chi connectivity index (χ1v) is 6.29. The van der Waals surface area contributed by atoms with Crippen LogP contribution >= 0.6 is 0 Å². The smallest absolute Gasteiger partial charge is 0.249 e. The van der Waals surface area contributed by atoms with E-state index < -0.39 is 0 Å². The molecule has 104 valence electrons. The lowest BCUT2D eigenvalue weighted by atomic mass is 9.96. The van der Waals surface area contributed by atoms with Crippen molar-refractivity contribution in [3.63, 3.8) is 0 Å². The van der Waals surface area contributed by atoms with Crippen molar-refractivity contribution in [1.82, 2.24) is 14.5 Å². The minimum absolute atomic E-state index is 0. The van der Waals surface area contributed by atoms with Gasteiger partial charge in [0, 0.05) is 5.41 Å². The molecule has 0 N–H and O–H groups in total. The van der Waals surface area contributed by atoms with Crippen LogP contribution < -0.4 is 28.5 Å². The van der Waals surface area contributed by atoms with Gasteiger partial charge in [0.2, 0.25) is 6.33 Å². The molecule has 2 aromatic heterocycles. The van der Waals surface area contributed by atoms with Crippen LogP contribution in [-0.4, -0.2) is 14.5 Å². The van der Waals surface area contributed by atoms with E-state index in [0.717, 1.165) is 11.5 Å². The summed E-state index contributed by atoms with van der Waals surface area (Å²) in [5.41, 5.74) is 0.981. The standard InChI is InChI=1S/C14H21N4.HI/c1-11(2)17-6-7-18(10-17)12-8-15-13(16-9-12)14(3,4)5;/h6-11H,1-5H3;1H/q+1;/p-1. The first-order chi connectivity index (χ1) is 8.38. The fraction of sp³-hybridized carbons (Fsp3) is 0.500. The Morgan fingerprint density at radius 1 is 1.16 bits per heavy atom. The maximum atomic E-state index is 4.44. The first kappa shape index (κ1) is 16.1. The Labute approximate surface area is 131 Å². The van der Waals surface area contributed by atoms with E-state index in [1.165, 1.54) is 0 Å². The summed E-state index contributed by atoms with van der Waals surface area (Å²) in [6.07, 6.45) is 9.88. The maximum Gasteiger partial charge on any atom is 0.249 e. The van der Waals surface area contributed by atoms with Crippen molar-refractivity contribution in [1.29, 1.82) is 0 Å². The van der Waals surface area contributed by atoms with Gasteiger partial charge in [0.05, 0.1) is 18.4 Å². The molecule has 0 unspecified atom stereocenters. The SMILES string of the molecule is CC(C)n1cc[n+](-c2cnc(C(C)(C)C)nc2)c1.[I-]. The number of aromatic nitrogens is 4. The second-order valence-electron chi connectivity index (χ2n) is 5.88. The third-order valence-corrected chi connectivity index (χ3v) is 2.86.